The Balaban J connectivity index is 3.13. The van der Waals surface area contributed by atoms with E-state index in [0.29, 0.717) is 5.56 Å². The van der Waals surface area contributed by atoms with Crippen molar-refractivity contribution in [3.63, 3.8) is 0 Å². The number of esters is 1. The zero-order valence-corrected chi connectivity index (χ0v) is 9.18. The highest BCUT2D eigenvalue weighted by atomic mass is 19.4. The summed E-state index contributed by atoms with van der Waals surface area (Å²) in [6.45, 7) is 1.53. The molecule has 0 N–H and O–H groups in total. The molecule has 0 aromatic heterocycles. The second-order valence-corrected chi connectivity index (χ2v) is 3.33. The first-order chi connectivity index (χ1) is 7.82. The zero-order valence-electron chi connectivity index (χ0n) is 9.18. The summed E-state index contributed by atoms with van der Waals surface area (Å²) >= 11 is 0. The lowest BCUT2D eigenvalue weighted by Gasteiger charge is -2.07. The fourth-order valence-electron chi connectivity index (χ4n) is 1.19. The Kier molecular flexibility index (Phi) is 3.79. The number of carbonyl (C=O) groups excluding carboxylic acids is 1. The minimum Gasteiger partial charge on any atom is -0.459 e. The third-order valence-electron chi connectivity index (χ3n) is 1.90. The molecule has 1 aromatic carbocycles. The van der Waals surface area contributed by atoms with Gasteiger partial charge in [-0.15, -0.1) is 0 Å². The van der Waals surface area contributed by atoms with Crippen molar-refractivity contribution in [2.24, 2.45) is 0 Å². The van der Waals surface area contributed by atoms with Gasteiger partial charge in [0, 0.05) is 11.5 Å². The normalized spacial score (nSPS) is 10.4. The average molecular weight is 242 g/mol. The van der Waals surface area contributed by atoms with Crippen molar-refractivity contribution in [3.05, 3.63) is 34.9 Å². The van der Waals surface area contributed by atoms with E-state index in [9.17, 15) is 18.0 Å². The van der Waals surface area contributed by atoms with E-state index < -0.39 is 17.7 Å². The largest absolute Gasteiger partial charge is 0.459 e. The van der Waals surface area contributed by atoms with Crippen LogP contribution in [0.15, 0.2) is 18.2 Å². The number of halogens is 3. The van der Waals surface area contributed by atoms with Crippen molar-refractivity contribution >= 4 is 5.97 Å². The number of methoxy groups -OCH3 is 1. The molecule has 17 heavy (non-hydrogen) atoms. The maximum absolute atomic E-state index is 12.5. The zero-order chi connectivity index (χ0) is 13.1. The molecule has 0 bridgehead atoms. The predicted octanol–water partition coefficient (Wildman–Crippen LogP) is 2.54. The van der Waals surface area contributed by atoms with Crippen molar-refractivity contribution in [2.45, 2.75) is 13.1 Å². The van der Waals surface area contributed by atoms with E-state index in [2.05, 4.69) is 16.6 Å². The fourth-order valence-corrected chi connectivity index (χ4v) is 1.19. The molecular formula is C12H9F3O2. The van der Waals surface area contributed by atoms with Crippen molar-refractivity contribution in [1.82, 2.24) is 0 Å². The molecule has 0 radical (unpaired) electrons. The number of benzene rings is 1. The van der Waals surface area contributed by atoms with Crippen molar-refractivity contribution in [1.29, 1.82) is 0 Å². The maximum atomic E-state index is 12.5. The molecule has 0 aliphatic rings. The average Bonchev–Trinajstić information content (AvgIpc) is 2.24. The van der Waals surface area contributed by atoms with Crippen molar-refractivity contribution in [3.8, 4) is 11.8 Å². The second kappa shape index (κ2) is 4.91. The van der Waals surface area contributed by atoms with Crippen LogP contribution in [0.2, 0.25) is 0 Å². The molecule has 5 heteroatoms. The van der Waals surface area contributed by atoms with E-state index in [1.54, 1.807) is 0 Å². The molecule has 0 spiro atoms. The number of carbonyl (C=O) groups is 1. The third kappa shape index (κ3) is 3.83. The number of aryl methyl sites for hydroxylation is 1. The topological polar surface area (TPSA) is 26.3 Å². The molecule has 90 valence electrons. The van der Waals surface area contributed by atoms with Crippen LogP contribution in [-0.4, -0.2) is 13.1 Å². The lowest BCUT2D eigenvalue weighted by molar-refractivity contribution is -0.137. The van der Waals surface area contributed by atoms with Crippen LogP contribution in [0.25, 0.3) is 0 Å². The summed E-state index contributed by atoms with van der Waals surface area (Å²) in [5.74, 6) is 3.61. The smallest absolute Gasteiger partial charge is 0.416 e. The van der Waals surface area contributed by atoms with Gasteiger partial charge in [0.25, 0.3) is 0 Å². The van der Waals surface area contributed by atoms with Crippen LogP contribution in [0.5, 0.6) is 0 Å². The van der Waals surface area contributed by atoms with E-state index in [4.69, 9.17) is 0 Å². The highest BCUT2D eigenvalue weighted by molar-refractivity contribution is 5.89. The molecule has 0 unspecified atom stereocenters. The lowest BCUT2D eigenvalue weighted by atomic mass is 10.1. The van der Waals surface area contributed by atoms with Gasteiger partial charge in [-0.05, 0) is 30.7 Å². The van der Waals surface area contributed by atoms with Crippen LogP contribution < -0.4 is 0 Å². The monoisotopic (exact) mass is 242 g/mol. The van der Waals surface area contributed by atoms with E-state index in [1.165, 1.54) is 13.0 Å². The predicted molar refractivity (Wildman–Crippen MR) is 55.1 cm³/mol. The minimum atomic E-state index is -4.42. The third-order valence-corrected chi connectivity index (χ3v) is 1.90. The molecule has 0 aliphatic carbocycles. The summed E-state index contributed by atoms with van der Waals surface area (Å²) in [5.41, 5.74) is -0.233. The van der Waals surface area contributed by atoms with Gasteiger partial charge in [0.05, 0.1) is 12.7 Å². The molecule has 1 rings (SSSR count). The highest BCUT2D eigenvalue weighted by Gasteiger charge is 2.30. The Morgan fingerprint density at radius 1 is 1.29 bits per heavy atom. The summed E-state index contributed by atoms with van der Waals surface area (Å²) in [6.07, 6.45) is -4.42. The van der Waals surface area contributed by atoms with Gasteiger partial charge >= 0.3 is 12.1 Å². The van der Waals surface area contributed by atoms with Gasteiger partial charge in [-0.3, -0.25) is 0 Å². The summed E-state index contributed by atoms with van der Waals surface area (Å²) in [5, 5.41) is 0. The summed E-state index contributed by atoms with van der Waals surface area (Å²) in [7, 11) is 1.15. The van der Waals surface area contributed by atoms with Crippen LogP contribution in [0.1, 0.15) is 16.7 Å². The lowest BCUT2D eigenvalue weighted by Crippen LogP contribution is -2.05. The Bertz CT molecular complexity index is 493. The Labute approximate surface area is 96.4 Å². The van der Waals surface area contributed by atoms with Gasteiger partial charge in [0.2, 0.25) is 0 Å². The standard InChI is InChI=1S/C12H9F3O2/c1-8-5-9(3-4-11(16)17-2)7-10(6-8)12(13,14)15/h5-7H,1-2H3. The van der Waals surface area contributed by atoms with E-state index >= 15 is 0 Å². The van der Waals surface area contributed by atoms with Crippen LogP contribution in [0.4, 0.5) is 13.2 Å². The van der Waals surface area contributed by atoms with E-state index in [1.807, 2.05) is 0 Å². The van der Waals surface area contributed by atoms with Gasteiger partial charge < -0.3 is 4.74 Å². The first-order valence-corrected chi connectivity index (χ1v) is 4.62. The molecule has 0 amide bonds. The van der Waals surface area contributed by atoms with Gasteiger partial charge in [-0.25, -0.2) is 4.79 Å². The van der Waals surface area contributed by atoms with Crippen LogP contribution in [-0.2, 0) is 15.7 Å². The summed E-state index contributed by atoms with van der Waals surface area (Å²) < 4.78 is 41.7. The maximum Gasteiger partial charge on any atom is 0.416 e. The fraction of sp³-hybridized carbons (Fsp3) is 0.250. The van der Waals surface area contributed by atoms with Gasteiger partial charge in [-0.2, -0.15) is 13.2 Å². The number of rotatable bonds is 0. The minimum absolute atomic E-state index is 0.128. The van der Waals surface area contributed by atoms with Crippen molar-refractivity contribution in [2.75, 3.05) is 7.11 Å². The first kappa shape index (κ1) is 13.1. The summed E-state index contributed by atoms with van der Waals surface area (Å²) in [6, 6.07) is 3.37. The van der Waals surface area contributed by atoms with Crippen LogP contribution >= 0.6 is 0 Å². The highest BCUT2D eigenvalue weighted by Crippen LogP contribution is 2.30. The Morgan fingerprint density at radius 3 is 2.47 bits per heavy atom. The molecule has 2 nitrogen and oxygen atoms in total. The van der Waals surface area contributed by atoms with E-state index in [0.717, 1.165) is 19.2 Å². The van der Waals surface area contributed by atoms with Crippen LogP contribution in [0, 0.1) is 18.8 Å². The number of hydrogen-bond acceptors (Lipinski definition) is 2. The molecule has 0 saturated carbocycles. The SMILES string of the molecule is COC(=O)C#Cc1cc(C)cc(C(F)(F)F)c1. The molecule has 0 saturated heterocycles. The number of ether oxygens (including phenoxy) is 1. The summed E-state index contributed by atoms with van der Waals surface area (Å²) in [4.78, 5) is 10.7. The van der Waals surface area contributed by atoms with Gasteiger partial charge in [0.15, 0.2) is 0 Å². The number of hydrogen-bond donors (Lipinski definition) is 0. The molecule has 0 atom stereocenters. The van der Waals surface area contributed by atoms with Crippen LogP contribution in [0.3, 0.4) is 0 Å². The Morgan fingerprint density at radius 2 is 1.94 bits per heavy atom. The molecule has 0 heterocycles. The first-order valence-electron chi connectivity index (χ1n) is 4.62. The molecule has 1 aromatic rings. The quantitative estimate of drug-likeness (QED) is 0.516. The van der Waals surface area contributed by atoms with Gasteiger partial charge in [0.1, 0.15) is 0 Å². The number of alkyl halides is 3. The van der Waals surface area contributed by atoms with E-state index in [-0.39, 0.29) is 5.56 Å². The molecular weight excluding hydrogens is 233 g/mol. The molecule has 0 aliphatic heterocycles. The second-order valence-electron chi connectivity index (χ2n) is 3.33. The van der Waals surface area contributed by atoms with Crippen molar-refractivity contribution < 1.29 is 22.7 Å². The Hall–Kier alpha value is -1.96. The van der Waals surface area contributed by atoms with Gasteiger partial charge in [-0.1, -0.05) is 5.92 Å². The molecule has 0 fully saturated rings.